The molecule has 0 saturated carbocycles. The number of nitrogens with zero attached hydrogens (tertiary/aromatic N) is 1. The SMILES string of the molecule is O=C(c1ccc([N+](=O)[O-])cc1)[C@@H]1O[C@@H]1c1ccccc1. The van der Waals surface area contributed by atoms with E-state index in [1.807, 2.05) is 30.3 Å². The average Bonchev–Trinajstić information content (AvgIpc) is 3.28. The molecule has 3 rings (SSSR count). The van der Waals surface area contributed by atoms with Crippen LogP contribution in [0.1, 0.15) is 22.0 Å². The van der Waals surface area contributed by atoms with Gasteiger partial charge < -0.3 is 4.74 Å². The Kier molecular flexibility index (Phi) is 3.04. The molecule has 0 amide bonds. The molecule has 0 aromatic heterocycles. The molecule has 1 aliphatic rings. The quantitative estimate of drug-likeness (QED) is 0.370. The number of Topliss-reactive ketones (excluding diaryl/α,β-unsaturated/α-hetero) is 1. The number of carbonyl (C=O) groups is 1. The van der Waals surface area contributed by atoms with Crippen molar-refractivity contribution in [2.45, 2.75) is 12.2 Å². The van der Waals surface area contributed by atoms with Crippen LogP contribution in [-0.4, -0.2) is 16.8 Å². The highest BCUT2D eigenvalue weighted by molar-refractivity contribution is 6.01. The fourth-order valence-electron chi connectivity index (χ4n) is 2.12. The molecule has 1 fully saturated rings. The number of nitro benzene ring substituents is 1. The summed E-state index contributed by atoms with van der Waals surface area (Å²) in [7, 11) is 0. The first kappa shape index (κ1) is 12.5. The second-order valence-corrected chi connectivity index (χ2v) is 4.56. The lowest BCUT2D eigenvalue weighted by Crippen LogP contribution is -2.08. The molecule has 0 spiro atoms. The zero-order chi connectivity index (χ0) is 14.1. The van der Waals surface area contributed by atoms with Crippen molar-refractivity contribution in [3.05, 3.63) is 75.8 Å². The van der Waals surface area contributed by atoms with Gasteiger partial charge in [0, 0.05) is 17.7 Å². The molecule has 5 heteroatoms. The highest BCUT2D eigenvalue weighted by atomic mass is 16.6. The maximum absolute atomic E-state index is 12.2. The Morgan fingerprint density at radius 2 is 1.70 bits per heavy atom. The van der Waals surface area contributed by atoms with Gasteiger partial charge in [-0.15, -0.1) is 0 Å². The van der Waals surface area contributed by atoms with Gasteiger partial charge in [0.2, 0.25) is 0 Å². The number of hydrogen-bond acceptors (Lipinski definition) is 4. The van der Waals surface area contributed by atoms with Crippen LogP contribution in [0.3, 0.4) is 0 Å². The number of ether oxygens (including phenoxy) is 1. The summed E-state index contributed by atoms with van der Waals surface area (Å²) in [5, 5.41) is 10.6. The van der Waals surface area contributed by atoms with Crippen LogP contribution in [0.5, 0.6) is 0 Å². The van der Waals surface area contributed by atoms with E-state index in [-0.39, 0.29) is 17.6 Å². The predicted molar refractivity (Wildman–Crippen MR) is 71.5 cm³/mol. The monoisotopic (exact) mass is 269 g/mol. The van der Waals surface area contributed by atoms with Crippen molar-refractivity contribution in [1.82, 2.24) is 0 Å². The molecule has 0 aliphatic carbocycles. The summed E-state index contributed by atoms with van der Waals surface area (Å²) < 4.78 is 5.41. The van der Waals surface area contributed by atoms with Crippen LogP contribution in [0.2, 0.25) is 0 Å². The molecule has 1 aliphatic heterocycles. The van der Waals surface area contributed by atoms with Crippen molar-refractivity contribution in [2.75, 3.05) is 0 Å². The van der Waals surface area contributed by atoms with E-state index in [0.29, 0.717) is 5.56 Å². The summed E-state index contributed by atoms with van der Waals surface area (Å²) >= 11 is 0. The fourth-order valence-corrected chi connectivity index (χ4v) is 2.12. The standard InChI is InChI=1S/C15H11NO4/c17-13(10-6-8-12(9-7-10)16(18)19)15-14(20-15)11-4-2-1-3-5-11/h1-9,14-15H/t14-,15+/m1/s1. The van der Waals surface area contributed by atoms with Crippen LogP contribution >= 0.6 is 0 Å². The van der Waals surface area contributed by atoms with Crippen molar-refractivity contribution in [3.8, 4) is 0 Å². The minimum absolute atomic E-state index is 0.0297. The third-order valence-electron chi connectivity index (χ3n) is 3.24. The first-order chi connectivity index (χ1) is 9.66. The zero-order valence-electron chi connectivity index (χ0n) is 10.4. The van der Waals surface area contributed by atoms with Crippen LogP contribution in [0, 0.1) is 10.1 Å². The van der Waals surface area contributed by atoms with Crippen molar-refractivity contribution >= 4 is 11.5 Å². The molecule has 0 bridgehead atoms. The number of carbonyl (C=O) groups excluding carboxylic acids is 1. The Morgan fingerprint density at radius 3 is 2.30 bits per heavy atom. The summed E-state index contributed by atoms with van der Waals surface area (Å²) in [4.78, 5) is 22.2. The van der Waals surface area contributed by atoms with Gasteiger partial charge in [-0.1, -0.05) is 30.3 Å². The van der Waals surface area contributed by atoms with Gasteiger partial charge in [0.15, 0.2) is 11.9 Å². The van der Waals surface area contributed by atoms with Crippen LogP contribution in [0.4, 0.5) is 5.69 Å². The molecule has 2 atom stereocenters. The summed E-state index contributed by atoms with van der Waals surface area (Å²) in [6.45, 7) is 0. The van der Waals surface area contributed by atoms with Gasteiger partial charge in [-0.2, -0.15) is 0 Å². The minimum Gasteiger partial charge on any atom is -0.356 e. The minimum atomic E-state index is -0.491. The number of rotatable bonds is 4. The van der Waals surface area contributed by atoms with E-state index in [9.17, 15) is 14.9 Å². The van der Waals surface area contributed by atoms with E-state index in [1.54, 1.807) is 0 Å². The molecule has 100 valence electrons. The molecule has 1 saturated heterocycles. The van der Waals surface area contributed by atoms with Crippen molar-refractivity contribution in [3.63, 3.8) is 0 Å². The smallest absolute Gasteiger partial charge is 0.269 e. The summed E-state index contributed by atoms with van der Waals surface area (Å²) in [6.07, 6.45) is -0.697. The number of epoxide rings is 1. The largest absolute Gasteiger partial charge is 0.356 e. The zero-order valence-corrected chi connectivity index (χ0v) is 10.4. The van der Waals surface area contributed by atoms with Gasteiger partial charge in [0.05, 0.1) is 4.92 Å². The van der Waals surface area contributed by atoms with E-state index in [1.165, 1.54) is 24.3 Å². The van der Waals surface area contributed by atoms with E-state index < -0.39 is 11.0 Å². The lowest BCUT2D eigenvalue weighted by atomic mass is 10.0. The van der Waals surface area contributed by atoms with Gasteiger partial charge in [0.25, 0.3) is 5.69 Å². The summed E-state index contributed by atoms with van der Waals surface area (Å²) in [6, 6.07) is 15.1. The predicted octanol–water partition coefficient (Wildman–Crippen LogP) is 2.92. The second kappa shape index (κ2) is 4.86. The highest BCUT2D eigenvalue weighted by Gasteiger charge is 2.46. The molecular weight excluding hydrogens is 258 g/mol. The number of non-ortho nitro benzene ring substituents is 1. The van der Waals surface area contributed by atoms with Crippen molar-refractivity contribution < 1.29 is 14.5 Å². The number of nitro groups is 1. The third-order valence-corrected chi connectivity index (χ3v) is 3.24. The van der Waals surface area contributed by atoms with Gasteiger partial charge in [-0.25, -0.2) is 0 Å². The highest BCUT2D eigenvalue weighted by Crippen LogP contribution is 2.40. The molecule has 0 radical (unpaired) electrons. The first-order valence-electron chi connectivity index (χ1n) is 6.16. The molecule has 1 heterocycles. The topological polar surface area (TPSA) is 72.7 Å². The Morgan fingerprint density at radius 1 is 1.05 bits per heavy atom. The van der Waals surface area contributed by atoms with Crippen LogP contribution in [0.25, 0.3) is 0 Å². The molecule has 0 unspecified atom stereocenters. The van der Waals surface area contributed by atoms with E-state index in [4.69, 9.17) is 4.74 Å². The lowest BCUT2D eigenvalue weighted by Gasteiger charge is -1.98. The molecule has 5 nitrogen and oxygen atoms in total. The maximum atomic E-state index is 12.2. The molecule has 0 N–H and O–H groups in total. The van der Waals surface area contributed by atoms with Crippen LogP contribution in [0.15, 0.2) is 54.6 Å². The normalized spacial score (nSPS) is 20.4. The molecule has 20 heavy (non-hydrogen) atoms. The van der Waals surface area contributed by atoms with Gasteiger partial charge in [-0.3, -0.25) is 14.9 Å². The maximum Gasteiger partial charge on any atom is 0.269 e. The number of benzene rings is 2. The fraction of sp³-hybridized carbons (Fsp3) is 0.133. The second-order valence-electron chi connectivity index (χ2n) is 4.56. The van der Waals surface area contributed by atoms with Crippen molar-refractivity contribution in [2.24, 2.45) is 0 Å². The third kappa shape index (κ3) is 2.31. The van der Waals surface area contributed by atoms with Gasteiger partial charge in [0.1, 0.15) is 6.10 Å². The Bertz CT molecular complexity index is 651. The van der Waals surface area contributed by atoms with Crippen molar-refractivity contribution in [1.29, 1.82) is 0 Å². The summed E-state index contributed by atoms with van der Waals surface area (Å²) in [5.74, 6) is -0.145. The average molecular weight is 269 g/mol. The van der Waals surface area contributed by atoms with Gasteiger partial charge >= 0.3 is 0 Å². The number of hydrogen-bond donors (Lipinski definition) is 0. The number of ketones is 1. The first-order valence-corrected chi connectivity index (χ1v) is 6.16. The van der Waals surface area contributed by atoms with Crippen LogP contribution in [-0.2, 0) is 4.74 Å². The molecular formula is C15H11NO4. The lowest BCUT2D eigenvalue weighted by molar-refractivity contribution is -0.384. The van der Waals surface area contributed by atoms with Gasteiger partial charge in [-0.05, 0) is 17.7 Å². The van der Waals surface area contributed by atoms with E-state index in [0.717, 1.165) is 5.56 Å². The Hall–Kier alpha value is -2.53. The Balaban J connectivity index is 1.73. The molecule has 2 aromatic carbocycles. The van der Waals surface area contributed by atoms with E-state index in [2.05, 4.69) is 0 Å². The molecule has 2 aromatic rings. The van der Waals surface area contributed by atoms with E-state index >= 15 is 0 Å². The Labute approximate surface area is 115 Å². The summed E-state index contributed by atoms with van der Waals surface area (Å²) in [5.41, 5.74) is 1.37. The van der Waals surface area contributed by atoms with Crippen LogP contribution < -0.4 is 0 Å².